The molecule has 2 aliphatic heterocycles. The van der Waals surface area contributed by atoms with Gasteiger partial charge in [-0.25, -0.2) is 14.1 Å². The number of hydrogen-bond acceptors (Lipinski definition) is 8. The van der Waals surface area contributed by atoms with Crippen LogP contribution in [0.5, 0.6) is 0 Å². The standard InChI is InChI=1S/C23H18ClF3N8O2S/c1-12(36)37-11-23(32-33-28)7-17-18(13-8-30-35(9-13)22(26)27)19(15-3-2-14(25)6-16(15)24)31-20(34(17)10-23)21-29-4-5-38-21/h2-6,8-9,19,22H,7,10-11H2,1H3/t19-,23+/m0/s1. The summed E-state index contributed by atoms with van der Waals surface area (Å²) >= 11 is 7.77. The van der Waals surface area contributed by atoms with Gasteiger partial charge in [0.15, 0.2) is 10.8 Å². The lowest BCUT2D eigenvalue weighted by Crippen LogP contribution is -2.39. The molecule has 38 heavy (non-hydrogen) atoms. The molecule has 0 radical (unpaired) electrons. The highest BCUT2D eigenvalue weighted by molar-refractivity contribution is 7.11. The number of carbonyl (C=O) groups excluding carboxylic acids is 1. The zero-order chi connectivity index (χ0) is 27.0. The van der Waals surface area contributed by atoms with Crippen LogP contribution in [0.3, 0.4) is 0 Å². The van der Waals surface area contributed by atoms with Crippen molar-refractivity contribution in [3.63, 3.8) is 0 Å². The van der Waals surface area contributed by atoms with E-state index in [1.165, 1.54) is 42.8 Å². The zero-order valence-corrected chi connectivity index (χ0v) is 21.2. The first-order valence-electron chi connectivity index (χ1n) is 11.2. The fourth-order valence-corrected chi connectivity index (χ4v) is 5.51. The van der Waals surface area contributed by atoms with Crippen molar-refractivity contribution >= 4 is 40.3 Å². The largest absolute Gasteiger partial charge is 0.465 e. The number of fused-ring (bicyclic) bond motifs is 1. The Morgan fingerprint density at radius 1 is 1.45 bits per heavy atom. The molecule has 0 saturated carbocycles. The molecule has 2 aliphatic rings. The van der Waals surface area contributed by atoms with Gasteiger partial charge in [-0.3, -0.25) is 9.79 Å². The number of alkyl halides is 2. The molecule has 15 heteroatoms. The number of esters is 1. The average molecular weight is 563 g/mol. The highest BCUT2D eigenvalue weighted by Crippen LogP contribution is 2.49. The van der Waals surface area contributed by atoms with Gasteiger partial charge in [0, 0.05) is 64.4 Å². The molecule has 5 rings (SSSR count). The van der Waals surface area contributed by atoms with Crippen LogP contribution in [-0.4, -0.2) is 50.2 Å². The lowest BCUT2D eigenvalue weighted by Gasteiger charge is -2.32. The van der Waals surface area contributed by atoms with Crippen LogP contribution in [0.15, 0.2) is 58.0 Å². The van der Waals surface area contributed by atoms with Crippen LogP contribution >= 0.6 is 22.9 Å². The predicted molar refractivity (Wildman–Crippen MR) is 133 cm³/mol. The number of carbonyl (C=O) groups is 1. The Morgan fingerprint density at radius 3 is 2.89 bits per heavy atom. The van der Waals surface area contributed by atoms with Crippen LogP contribution in [0, 0.1) is 5.82 Å². The van der Waals surface area contributed by atoms with Crippen molar-refractivity contribution in [2.24, 2.45) is 10.1 Å². The maximum atomic E-state index is 13.9. The summed E-state index contributed by atoms with van der Waals surface area (Å²) in [6.45, 7) is -1.78. The number of azide groups is 1. The van der Waals surface area contributed by atoms with Gasteiger partial charge in [-0.1, -0.05) is 22.8 Å². The monoisotopic (exact) mass is 562 g/mol. The molecule has 0 amide bonds. The zero-order valence-electron chi connectivity index (χ0n) is 19.6. The number of halogens is 4. The molecule has 2 aromatic heterocycles. The Kier molecular flexibility index (Phi) is 6.86. The molecule has 1 saturated heterocycles. The van der Waals surface area contributed by atoms with Crippen molar-refractivity contribution in [1.29, 1.82) is 0 Å². The van der Waals surface area contributed by atoms with Crippen molar-refractivity contribution < 1.29 is 22.7 Å². The van der Waals surface area contributed by atoms with E-state index >= 15 is 0 Å². The highest BCUT2D eigenvalue weighted by Gasteiger charge is 2.48. The predicted octanol–water partition coefficient (Wildman–Crippen LogP) is 5.76. The van der Waals surface area contributed by atoms with Crippen molar-refractivity contribution in [3.8, 4) is 0 Å². The minimum Gasteiger partial charge on any atom is -0.465 e. The highest BCUT2D eigenvalue weighted by atomic mass is 35.5. The number of benzene rings is 1. The Morgan fingerprint density at radius 2 is 2.26 bits per heavy atom. The van der Waals surface area contributed by atoms with Gasteiger partial charge >= 0.3 is 12.5 Å². The van der Waals surface area contributed by atoms with E-state index in [1.54, 1.807) is 16.5 Å². The fraction of sp³-hybridized carbons (Fsp3) is 0.304. The topological polar surface area (TPSA) is 121 Å². The van der Waals surface area contributed by atoms with E-state index in [-0.39, 0.29) is 24.6 Å². The number of amidine groups is 1. The van der Waals surface area contributed by atoms with Gasteiger partial charge in [-0.15, -0.1) is 11.3 Å². The van der Waals surface area contributed by atoms with Crippen LogP contribution in [0.2, 0.25) is 5.02 Å². The third kappa shape index (κ3) is 4.73. The van der Waals surface area contributed by atoms with Crippen molar-refractivity contribution in [2.75, 3.05) is 13.2 Å². The Hall–Kier alpha value is -3.87. The minimum atomic E-state index is -2.88. The van der Waals surface area contributed by atoms with E-state index < -0.39 is 29.9 Å². The number of thiazole rings is 1. The summed E-state index contributed by atoms with van der Waals surface area (Å²) in [5.74, 6) is -0.688. The third-order valence-electron chi connectivity index (χ3n) is 6.16. The molecule has 0 spiro atoms. The van der Waals surface area contributed by atoms with E-state index in [2.05, 4.69) is 20.1 Å². The summed E-state index contributed by atoms with van der Waals surface area (Å²) in [4.78, 5) is 25.7. The molecule has 0 unspecified atom stereocenters. The second-order valence-corrected chi connectivity index (χ2v) is 9.96. The first-order chi connectivity index (χ1) is 18.2. The van der Waals surface area contributed by atoms with Gasteiger partial charge in [0.25, 0.3) is 0 Å². The number of aliphatic imine (C=N–C) groups is 1. The van der Waals surface area contributed by atoms with Crippen molar-refractivity contribution in [3.05, 3.63) is 85.3 Å². The lowest BCUT2D eigenvalue weighted by molar-refractivity contribution is -0.142. The Labute approximate surface area is 222 Å². The first kappa shape index (κ1) is 25.8. The van der Waals surface area contributed by atoms with Gasteiger partial charge in [0.05, 0.1) is 6.20 Å². The van der Waals surface area contributed by atoms with Crippen LogP contribution in [0.1, 0.15) is 42.1 Å². The Balaban J connectivity index is 1.76. The summed E-state index contributed by atoms with van der Waals surface area (Å²) in [6, 6.07) is 3.00. The normalized spacial score (nSPS) is 20.8. The third-order valence-corrected chi connectivity index (χ3v) is 7.26. The number of nitrogens with zero attached hydrogens (tertiary/aromatic N) is 8. The number of ether oxygens (including phenoxy) is 1. The maximum absolute atomic E-state index is 13.9. The molecule has 196 valence electrons. The van der Waals surface area contributed by atoms with Gasteiger partial charge in [0.2, 0.25) is 0 Å². The smallest absolute Gasteiger partial charge is 0.333 e. The Bertz CT molecular complexity index is 1500. The summed E-state index contributed by atoms with van der Waals surface area (Å²) in [5, 5.41) is 10.2. The molecule has 2 atom stereocenters. The van der Waals surface area contributed by atoms with Crippen LogP contribution < -0.4 is 0 Å². The van der Waals surface area contributed by atoms with Crippen LogP contribution in [0.25, 0.3) is 16.0 Å². The second kappa shape index (κ2) is 10.1. The van der Waals surface area contributed by atoms with E-state index in [4.69, 9.17) is 21.3 Å². The van der Waals surface area contributed by atoms with E-state index in [1.807, 2.05) is 0 Å². The number of hydrogen-bond donors (Lipinski definition) is 0. The summed E-state index contributed by atoms with van der Waals surface area (Å²) < 4.78 is 46.6. The number of aromatic nitrogens is 3. The maximum Gasteiger partial charge on any atom is 0.333 e. The minimum absolute atomic E-state index is 0.0778. The van der Waals surface area contributed by atoms with Crippen molar-refractivity contribution in [1.82, 2.24) is 19.7 Å². The van der Waals surface area contributed by atoms with Gasteiger partial charge in [0.1, 0.15) is 24.0 Å². The van der Waals surface area contributed by atoms with Crippen LogP contribution in [-0.2, 0) is 9.53 Å². The molecular formula is C23H18ClF3N8O2S. The SMILES string of the molecule is CC(=O)OC[C@@]1(N=[N+]=[N-])CC2=C(c3cnn(C(F)F)c3)[C@H](c3ccc(F)cc3Cl)N=C(c3nccs3)N2C1. The summed E-state index contributed by atoms with van der Waals surface area (Å²) in [7, 11) is 0. The molecule has 1 aromatic carbocycles. The second-order valence-electron chi connectivity index (χ2n) is 8.66. The molecule has 0 aliphatic carbocycles. The molecule has 10 nitrogen and oxygen atoms in total. The molecule has 0 bridgehead atoms. The van der Waals surface area contributed by atoms with Gasteiger partial charge in [-0.2, -0.15) is 13.9 Å². The molecule has 0 N–H and O–H groups in total. The summed E-state index contributed by atoms with van der Waals surface area (Å²) in [5.41, 5.74) is 9.93. The first-order valence-corrected chi connectivity index (χ1v) is 12.4. The van der Waals surface area contributed by atoms with Gasteiger partial charge < -0.3 is 9.64 Å². The van der Waals surface area contributed by atoms with Gasteiger partial charge in [-0.05, 0) is 23.2 Å². The lowest BCUT2D eigenvalue weighted by atomic mass is 9.89. The molecule has 4 heterocycles. The quantitative estimate of drug-likeness (QED) is 0.157. The molecule has 1 fully saturated rings. The van der Waals surface area contributed by atoms with Crippen LogP contribution in [0.4, 0.5) is 13.2 Å². The van der Waals surface area contributed by atoms with Crippen molar-refractivity contribution in [2.45, 2.75) is 31.5 Å². The summed E-state index contributed by atoms with van der Waals surface area (Å²) in [6.07, 6.45) is 4.14. The number of rotatable bonds is 7. The molecule has 3 aromatic rings. The van der Waals surface area contributed by atoms with E-state index in [0.29, 0.717) is 37.9 Å². The van der Waals surface area contributed by atoms with E-state index in [9.17, 15) is 23.5 Å². The molecular weight excluding hydrogens is 545 g/mol. The fourth-order valence-electron chi connectivity index (χ4n) is 4.59. The van der Waals surface area contributed by atoms with E-state index in [0.717, 1.165) is 6.07 Å². The average Bonchev–Trinajstić information content (AvgIpc) is 3.62.